The van der Waals surface area contributed by atoms with Gasteiger partial charge < -0.3 is 5.32 Å². The van der Waals surface area contributed by atoms with Crippen molar-refractivity contribution in [3.63, 3.8) is 0 Å². The summed E-state index contributed by atoms with van der Waals surface area (Å²) in [6.07, 6.45) is 3.67. The molecule has 0 bridgehead atoms. The number of hydrogen-bond donors (Lipinski definition) is 1. The first-order valence-corrected chi connectivity index (χ1v) is 7.49. The molecule has 3 rings (SSSR count). The summed E-state index contributed by atoms with van der Waals surface area (Å²) in [5.41, 5.74) is 1.92. The number of nitrogens with one attached hydrogen (secondary N) is 1. The number of benzene rings is 1. The minimum absolute atomic E-state index is 0.283. The molecule has 1 N–H and O–H groups in total. The molecule has 0 aliphatic carbocycles. The van der Waals surface area contributed by atoms with Crippen molar-refractivity contribution in [2.45, 2.75) is 25.2 Å². The smallest absolute Gasteiger partial charge is 0.311 e. The van der Waals surface area contributed by atoms with E-state index in [4.69, 9.17) is 0 Å². The van der Waals surface area contributed by atoms with Crippen molar-refractivity contribution in [1.82, 2.24) is 10.3 Å². The zero-order valence-corrected chi connectivity index (χ0v) is 12.6. The number of aliphatic imine (C=N–C) groups is 2. The molecule has 1 aliphatic heterocycles. The van der Waals surface area contributed by atoms with Crippen molar-refractivity contribution in [3.05, 3.63) is 52.2 Å². The summed E-state index contributed by atoms with van der Waals surface area (Å²) in [6.45, 7) is 1.28. The molecule has 2 heterocycles. The Bertz CT molecular complexity index is 760. The lowest BCUT2D eigenvalue weighted by atomic mass is 10.2. The summed E-state index contributed by atoms with van der Waals surface area (Å²) < 4.78 is 0. The molecule has 118 valence electrons. The van der Waals surface area contributed by atoms with Crippen LogP contribution in [0.25, 0.3) is 10.9 Å². The summed E-state index contributed by atoms with van der Waals surface area (Å²) in [4.78, 5) is 23.0. The topological polar surface area (TPSA) is 92.8 Å². The first-order valence-electron chi connectivity index (χ1n) is 7.49. The lowest BCUT2D eigenvalue weighted by molar-refractivity contribution is -0.566. The highest BCUT2D eigenvalue weighted by atomic mass is 16.6. The summed E-state index contributed by atoms with van der Waals surface area (Å²) in [7, 11) is 0. The number of aromatic nitrogens is 1. The monoisotopic (exact) mass is 311 g/mol. The van der Waals surface area contributed by atoms with Gasteiger partial charge in [-0.05, 0) is 25.1 Å². The number of hydrogen-bond acceptors (Lipinski definition) is 6. The number of para-hydroxylation sites is 1. The van der Waals surface area contributed by atoms with Gasteiger partial charge in [-0.25, -0.2) is 0 Å². The van der Waals surface area contributed by atoms with Crippen LogP contribution in [0.2, 0.25) is 0 Å². The van der Waals surface area contributed by atoms with E-state index >= 15 is 0 Å². The van der Waals surface area contributed by atoms with Gasteiger partial charge >= 0.3 is 5.79 Å². The van der Waals surface area contributed by atoms with Crippen molar-refractivity contribution in [3.8, 4) is 0 Å². The predicted octanol–water partition coefficient (Wildman–Crippen LogP) is 2.19. The maximum Gasteiger partial charge on any atom is 0.411 e. The first kappa shape index (κ1) is 15.2. The zero-order chi connectivity index (χ0) is 16.1. The van der Waals surface area contributed by atoms with Crippen molar-refractivity contribution in [1.29, 1.82) is 0 Å². The Hall–Kier alpha value is -2.67. The third kappa shape index (κ3) is 3.40. The van der Waals surface area contributed by atoms with Gasteiger partial charge in [0.1, 0.15) is 0 Å². The van der Waals surface area contributed by atoms with Gasteiger partial charge in [0, 0.05) is 24.4 Å². The molecule has 1 aliphatic rings. The van der Waals surface area contributed by atoms with E-state index in [0.29, 0.717) is 19.5 Å². The molecule has 0 saturated heterocycles. The molecule has 7 nitrogen and oxygen atoms in total. The molecule has 23 heavy (non-hydrogen) atoms. The molecule has 0 amide bonds. The van der Waals surface area contributed by atoms with E-state index in [1.807, 2.05) is 36.4 Å². The highest BCUT2D eigenvalue weighted by molar-refractivity contribution is 6.17. The van der Waals surface area contributed by atoms with E-state index in [-0.39, 0.29) is 6.42 Å². The van der Waals surface area contributed by atoms with Gasteiger partial charge in [0.25, 0.3) is 0 Å². The molecule has 0 atom stereocenters. The van der Waals surface area contributed by atoms with E-state index in [9.17, 15) is 10.1 Å². The minimum atomic E-state index is -1.51. The molecule has 0 unspecified atom stereocenters. The maximum atomic E-state index is 11.1. The van der Waals surface area contributed by atoms with Crippen molar-refractivity contribution in [2.24, 2.45) is 9.98 Å². The number of pyridine rings is 1. The zero-order valence-electron chi connectivity index (χ0n) is 12.6. The average molecular weight is 311 g/mol. The van der Waals surface area contributed by atoms with Crippen LogP contribution in [-0.4, -0.2) is 34.7 Å². The van der Waals surface area contributed by atoms with Crippen LogP contribution in [0.3, 0.4) is 0 Å². The van der Waals surface area contributed by atoms with E-state index < -0.39 is 10.7 Å². The fourth-order valence-electron chi connectivity index (χ4n) is 2.53. The summed E-state index contributed by atoms with van der Waals surface area (Å²) in [5.74, 6) is -1.51. The lowest BCUT2D eigenvalue weighted by Crippen LogP contribution is -2.33. The first-order chi connectivity index (χ1) is 11.2. The second-order valence-electron chi connectivity index (χ2n) is 5.36. The normalized spacial score (nSPS) is 15.3. The number of nitro groups is 1. The molecule has 0 radical (unpaired) electrons. The third-order valence-electron chi connectivity index (χ3n) is 3.75. The van der Waals surface area contributed by atoms with Crippen LogP contribution >= 0.6 is 0 Å². The van der Waals surface area contributed by atoms with E-state index in [0.717, 1.165) is 16.6 Å². The fourth-order valence-corrected chi connectivity index (χ4v) is 2.53. The maximum absolute atomic E-state index is 11.1. The van der Waals surface area contributed by atoms with E-state index in [2.05, 4.69) is 20.3 Å². The summed E-state index contributed by atoms with van der Waals surface area (Å²) in [6, 6.07) is 12.0. The molecule has 0 fully saturated rings. The van der Waals surface area contributed by atoms with E-state index in [1.165, 1.54) is 12.4 Å². The molecule has 1 aromatic carbocycles. The van der Waals surface area contributed by atoms with E-state index in [1.54, 1.807) is 0 Å². The minimum Gasteiger partial charge on any atom is -0.311 e. The van der Waals surface area contributed by atoms with Crippen molar-refractivity contribution >= 4 is 23.3 Å². The van der Waals surface area contributed by atoms with Gasteiger partial charge in [-0.15, -0.1) is 0 Å². The second-order valence-corrected chi connectivity index (χ2v) is 5.36. The average Bonchev–Trinajstić information content (AvgIpc) is 3.05. The van der Waals surface area contributed by atoms with Crippen LogP contribution in [0.5, 0.6) is 0 Å². The van der Waals surface area contributed by atoms with Crippen molar-refractivity contribution in [2.75, 3.05) is 6.54 Å². The van der Waals surface area contributed by atoms with Crippen LogP contribution < -0.4 is 5.32 Å². The molecule has 7 heteroatoms. The van der Waals surface area contributed by atoms with Crippen LogP contribution in [-0.2, 0) is 6.54 Å². The Labute approximate surface area is 133 Å². The number of nitrogens with zero attached hydrogens (tertiary/aromatic N) is 4. The molecular formula is C16H17N5O2. The van der Waals surface area contributed by atoms with Crippen molar-refractivity contribution < 1.29 is 4.92 Å². The Balaban J connectivity index is 1.48. The molecule has 0 spiro atoms. The third-order valence-corrected chi connectivity index (χ3v) is 3.75. The second kappa shape index (κ2) is 6.62. The highest BCUT2D eigenvalue weighted by Crippen LogP contribution is 2.22. The fraction of sp³-hybridized carbons (Fsp3) is 0.312. The Kier molecular flexibility index (Phi) is 4.38. The largest absolute Gasteiger partial charge is 0.411 e. The Morgan fingerprint density at radius 2 is 1.91 bits per heavy atom. The number of rotatable bonds is 7. The quantitative estimate of drug-likeness (QED) is 0.482. The van der Waals surface area contributed by atoms with Crippen LogP contribution in [0, 0.1) is 10.1 Å². The van der Waals surface area contributed by atoms with Crippen LogP contribution in [0.4, 0.5) is 0 Å². The van der Waals surface area contributed by atoms with Crippen LogP contribution in [0.1, 0.15) is 18.5 Å². The molecule has 0 saturated carbocycles. The van der Waals surface area contributed by atoms with Gasteiger partial charge in [-0.1, -0.05) is 24.3 Å². The van der Waals surface area contributed by atoms with Gasteiger partial charge in [0.05, 0.1) is 22.6 Å². The van der Waals surface area contributed by atoms with Gasteiger partial charge in [-0.2, -0.15) is 9.98 Å². The molecule has 1 aromatic heterocycles. The molecule has 2 aromatic rings. The molecular weight excluding hydrogens is 294 g/mol. The van der Waals surface area contributed by atoms with Gasteiger partial charge in [0.2, 0.25) is 0 Å². The lowest BCUT2D eigenvalue weighted by Gasteiger charge is -2.13. The summed E-state index contributed by atoms with van der Waals surface area (Å²) in [5, 5.41) is 15.5. The van der Waals surface area contributed by atoms with Gasteiger partial charge in [-0.3, -0.25) is 15.1 Å². The van der Waals surface area contributed by atoms with Crippen LogP contribution in [0.15, 0.2) is 46.4 Å². The standard InChI is InChI=1S/C16H17N5O2/c22-21(23)16(18-10-11-19-16)8-3-9-17-12-14-7-6-13-4-1-2-5-15(13)20-14/h1-2,4-7,10-11,17H,3,8-9,12H2. The SMILES string of the molecule is O=[N+]([O-])C1(CCCNCc2ccc3ccccc3n2)N=CC=N1. The Morgan fingerprint density at radius 1 is 1.13 bits per heavy atom. The summed E-state index contributed by atoms with van der Waals surface area (Å²) >= 11 is 0. The Morgan fingerprint density at radius 3 is 2.70 bits per heavy atom. The predicted molar refractivity (Wildman–Crippen MR) is 89.4 cm³/mol. The number of fused-ring (bicyclic) bond motifs is 1. The highest BCUT2D eigenvalue weighted by Gasteiger charge is 2.42. The van der Waals surface area contributed by atoms with Gasteiger partial charge in [0.15, 0.2) is 0 Å².